The second-order valence-electron chi connectivity index (χ2n) is 2.41. The second kappa shape index (κ2) is 3.76. The first kappa shape index (κ1) is 8.59. The van der Waals surface area contributed by atoms with Crippen molar-refractivity contribution in [2.45, 2.75) is 13.3 Å². The fourth-order valence-corrected chi connectivity index (χ4v) is 1.81. The summed E-state index contributed by atoms with van der Waals surface area (Å²) in [6.45, 7) is 2.83. The highest BCUT2D eigenvalue weighted by molar-refractivity contribution is 8.14. The molecule has 0 spiro atoms. The second-order valence-corrected chi connectivity index (χ2v) is 3.47. The molecule has 62 valence electrons. The summed E-state index contributed by atoms with van der Waals surface area (Å²) in [6, 6.07) is 0. The van der Waals surface area contributed by atoms with Gasteiger partial charge in [0, 0.05) is 25.8 Å². The van der Waals surface area contributed by atoms with Gasteiger partial charge in [-0.25, -0.2) is 0 Å². The fraction of sp³-hybridized carbons (Fsp3) is 0.714. The van der Waals surface area contributed by atoms with Crippen LogP contribution in [0.4, 0.5) is 0 Å². The molecule has 0 aliphatic carbocycles. The van der Waals surface area contributed by atoms with Crippen molar-refractivity contribution >= 4 is 22.8 Å². The van der Waals surface area contributed by atoms with E-state index >= 15 is 0 Å². The Balaban J connectivity index is 2.57. The molecule has 1 fully saturated rings. The molecule has 1 heterocycles. The zero-order chi connectivity index (χ0) is 8.27. The highest BCUT2D eigenvalue weighted by atomic mass is 32.2. The van der Waals surface area contributed by atoms with Crippen LogP contribution < -0.4 is 0 Å². The fourth-order valence-electron chi connectivity index (χ4n) is 0.783. The predicted octanol–water partition coefficient (Wildman–Crippen LogP) is 0.958. The molecule has 1 saturated heterocycles. The van der Waals surface area contributed by atoms with Crippen molar-refractivity contribution in [1.29, 1.82) is 0 Å². The van der Waals surface area contributed by atoms with Crippen LogP contribution in [0.2, 0.25) is 0 Å². The first-order valence-corrected chi connectivity index (χ1v) is 4.68. The smallest absolute Gasteiger partial charge is 0.247 e. The van der Waals surface area contributed by atoms with E-state index in [4.69, 9.17) is 0 Å². The number of carbonyl (C=O) groups excluding carboxylic acids is 1. The van der Waals surface area contributed by atoms with Gasteiger partial charge in [-0.2, -0.15) is 4.99 Å². The molecule has 0 aromatic rings. The monoisotopic (exact) mass is 172 g/mol. The number of hydrogen-bond acceptors (Lipinski definition) is 2. The quantitative estimate of drug-likeness (QED) is 0.590. The first-order valence-electron chi connectivity index (χ1n) is 3.69. The summed E-state index contributed by atoms with van der Waals surface area (Å²) >= 11 is 1.65. The predicted molar refractivity (Wildman–Crippen MR) is 47.8 cm³/mol. The third kappa shape index (κ3) is 2.22. The zero-order valence-corrected chi connectivity index (χ0v) is 7.65. The summed E-state index contributed by atoms with van der Waals surface area (Å²) in [5.74, 6) is 1.02. The highest BCUT2D eigenvalue weighted by Crippen LogP contribution is 2.15. The number of amidine groups is 1. The summed E-state index contributed by atoms with van der Waals surface area (Å²) in [5.41, 5.74) is 0. The third-order valence-corrected chi connectivity index (χ3v) is 2.56. The molecule has 0 saturated carbocycles. The van der Waals surface area contributed by atoms with Gasteiger partial charge < -0.3 is 4.90 Å². The maximum atomic E-state index is 10.9. The van der Waals surface area contributed by atoms with Gasteiger partial charge in [-0.3, -0.25) is 4.79 Å². The minimum absolute atomic E-state index is 0.0266. The Morgan fingerprint density at radius 3 is 3.00 bits per heavy atom. The van der Waals surface area contributed by atoms with Gasteiger partial charge in [-0.05, 0) is 0 Å². The number of nitrogens with zero attached hydrogens (tertiary/aromatic N) is 2. The van der Waals surface area contributed by atoms with Crippen molar-refractivity contribution in [1.82, 2.24) is 4.90 Å². The number of carbonyl (C=O) groups is 1. The first-order chi connectivity index (χ1) is 5.24. The minimum atomic E-state index is -0.0266. The molecule has 0 radical (unpaired) electrons. The number of rotatable bonds is 1. The Morgan fingerprint density at radius 2 is 2.55 bits per heavy atom. The van der Waals surface area contributed by atoms with Gasteiger partial charge in [-0.1, -0.05) is 18.7 Å². The molecule has 0 unspecified atom stereocenters. The summed E-state index contributed by atoms with van der Waals surface area (Å²) in [7, 11) is 1.96. The SMILES string of the molecule is CCC(=O)N=C1SCCN1C. The number of hydrogen-bond donors (Lipinski definition) is 0. The Labute approximate surface area is 70.9 Å². The zero-order valence-electron chi connectivity index (χ0n) is 6.83. The van der Waals surface area contributed by atoms with E-state index in [1.54, 1.807) is 11.8 Å². The largest absolute Gasteiger partial charge is 0.353 e. The molecule has 1 aliphatic rings. The average Bonchev–Trinajstić information content (AvgIpc) is 2.37. The lowest BCUT2D eigenvalue weighted by Crippen LogP contribution is -2.19. The molecule has 0 aromatic carbocycles. The molecular formula is C7H12N2OS. The number of amides is 1. The molecule has 3 nitrogen and oxygen atoms in total. The topological polar surface area (TPSA) is 32.7 Å². The van der Waals surface area contributed by atoms with E-state index in [0.29, 0.717) is 6.42 Å². The molecule has 4 heteroatoms. The van der Waals surface area contributed by atoms with Gasteiger partial charge in [0.1, 0.15) is 0 Å². The summed E-state index contributed by atoms with van der Waals surface area (Å²) < 4.78 is 0. The van der Waals surface area contributed by atoms with E-state index in [1.807, 2.05) is 18.9 Å². The van der Waals surface area contributed by atoms with Crippen LogP contribution in [0.5, 0.6) is 0 Å². The Morgan fingerprint density at radius 1 is 1.82 bits per heavy atom. The van der Waals surface area contributed by atoms with Gasteiger partial charge in [-0.15, -0.1) is 0 Å². The molecule has 0 N–H and O–H groups in total. The van der Waals surface area contributed by atoms with Crippen molar-refractivity contribution in [3.05, 3.63) is 0 Å². The normalized spacial score (nSPS) is 21.3. The van der Waals surface area contributed by atoms with Crippen LogP contribution in [0.15, 0.2) is 4.99 Å². The van der Waals surface area contributed by atoms with Crippen LogP contribution in [-0.2, 0) is 4.79 Å². The van der Waals surface area contributed by atoms with E-state index in [1.165, 1.54) is 0 Å². The van der Waals surface area contributed by atoms with Gasteiger partial charge >= 0.3 is 0 Å². The van der Waals surface area contributed by atoms with E-state index in [0.717, 1.165) is 17.5 Å². The van der Waals surface area contributed by atoms with Crippen LogP contribution in [0.1, 0.15) is 13.3 Å². The maximum absolute atomic E-state index is 10.9. The molecule has 0 bridgehead atoms. The lowest BCUT2D eigenvalue weighted by molar-refractivity contribution is -0.117. The molecule has 1 rings (SSSR count). The van der Waals surface area contributed by atoms with E-state index in [2.05, 4.69) is 4.99 Å². The van der Waals surface area contributed by atoms with Crippen molar-refractivity contribution in [3.8, 4) is 0 Å². The molecular weight excluding hydrogens is 160 g/mol. The highest BCUT2D eigenvalue weighted by Gasteiger charge is 2.15. The van der Waals surface area contributed by atoms with E-state index < -0.39 is 0 Å². The molecule has 0 atom stereocenters. The van der Waals surface area contributed by atoms with Gasteiger partial charge in [0.15, 0.2) is 5.17 Å². The number of thioether (sulfide) groups is 1. The van der Waals surface area contributed by atoms with Gasteiger partial charge in [0.05, 0.1) is 0 Å². The minimum Gasteiger partial charge on any atom is -0.353 e. The van der Waals surface area contributed by atoms with Crippen LogP contribution in [0.3, 0.4) is 0 Å². The van der Waals surface area contributed by atoms with Gasteiger partial charge in [0.25, 0.3) is 0 Å². The van der Waals surface area contributed by atoms with Crippen LogP contribution in [-0.4, -0.2) is 35.3 Å². The van der Waals surface area contributed by atoms with Crippen LogP contribution in [0.25, 0.3) is 0 Å². The Bertz CT molecular complexity index is 191. The van der Waals surface area contributed by atoms with Crippen molar-refractivity contribution in [2.75, 3.05) is 19.3 Å². The number of aliphatic imine (C=N–C) groups is 1. The maximum Gasteiger partial charge on any atom is 0.247 e. The van der Waals surface area contributed by atoms with Crippen molar-refractivity contribution in [2.24, 2.45) is 4.99 Å². The van der Waals surface area contributed by atoms with Gasteiger partial charge in [0.2, 0.25) is 5.91 Å². The summed E-state index contributed by atoms with van der Waals surface area (Å²) in [4.78, 5) is 16.8. The van der Waals surface area contributed by atoms with Crippen LogP contribution in [0, 0.1) is 0 Å². The lowest BCUT2D eigenvalue weighted by atomic mass is 10.5. The molecule has 1 aliphatic heterocycles. The Kier molecular flexibility index (Phi) is 2.93. The van der Waals surface area contributed by atoms with Crippen molar-refractivity contribution in [3.63, 3.8) is 0 Å². The van der Waals surface area contributed by atoms with E-state index in [-0.39, 0.29) is 5.91 Å². The Hall–Kier alpha value is -0.510. The standard InChI is InChI=1S/C7H12N2OS/c1-3-6(10)8-7-9(2)4-5-11-7/h3-5H2,1-2H3. The molecule has 0 aromatic heterocycles. The summed E-state index contributed by atoms with van der Waals surface area (Å²) in [6.07, 6.45) is 0.498. The lowest BCUT2D eigenvalue weighted by Gasteiger charge is -2.08. The average molecular weight is 172 g/mol. The van der Waals surface area contributed by atoms with Crippen LogP contribution >= 0.6 is 11.8 Å². The van der Waals surface area contributed by atoms with Crippen molar-refractivity contribution < 1.29 is 4.79 Å². The molecule has 1 amide bonds. The molecule has 11 heavy (non-hydrogen) atoms. The summed E-state index contributed by atoms with van der Waals surface area (Å²) in [5, 5.41) is 0.872. The third-order valence-electron chi connectivity index (χ3n) is 1.51. The van der Waals surface area contributed by atoms with E-state index in [9.17, 15) is 4.79 Å².